The highest BCUT2D eigenvalue weighted by Gasteiger charge is 2.25. The van der Waals surface area contributed by atoms with E-state index in [1.807, 2.05) is 51.2 Å². The van der Waals surface area contributed by atoms with Crippen molar-refractivity contribution in [3.05, 3.63) is 82.8 Å². The number of benzene rings is 2. The van der Waals surface area contributed by atoms with Crippen molar-refractivity contribution in [2.75, 3.05) is 19.1 Å². The molecule has 2 aromatic carbocycles. The molecule has 2 heterocycles. The fraction of sp³-hybridized carbons (Fsp3) is 0.345. The van der Waals surface area contributed by atoms with Gasteiger partial charge in [0.1, 0.15) is 30.8 Å². The van der Waals surface area contributed by atoms with Crippen molar-refractivity contribution in [3.8, 4) is 17.6 Å². The van der Waals surface area contributed by atoms with Gasteiger partial charge in [-0.2, -0.15) is 10.4 Å². The van der Waals surface area contributed by atoms with Crippen LogP contribution in [0.25, 0.3) is 0 Å². The quantitative estimate of drug-likeness (QED) is 0.290. The Labute approximate surface area is 236 Å². The first-order valence-corrected chi connectivity index (χ1v) is 13.4. The maximum absolute atomic E-state index is 9.69. The molecular weight excluding hydrogens is 511 g/mol. The van der Waals surface area contributed by atoms with Crippen LogP contribution in [0.3, 0.4) is 0 Å². The Kier molecular flexibility index (Phi) is 10.6. The molecule has 0 fully saturated rings. The smallest absolute Gasteiger partial charge is 0.246 e. The zero-order chi connectivity index (χ0) is 28.4. The molecular formula is C29H35BClN6O2. The molecule has 0 saturated carbocycles. The topological polar surface area (TPSA) is 110 Å². The standard InChI is InChI=1S/C27H29BClN6O2.C2H6/c1-18-12-21(13-19(14-30)25(18)36-11-9-29)27(2,3)20-4-6-24(7-5-20)37-17-23-8-10-32-26(34-23)35-16-22(28-31)15-33-35;1-2/h4-8,10,12-13,15-16,26,34H,9,11,17,31H2,1-3H3;1-2H3. The second kappa shape index (κ2) is 13.9. The van der Waals surface area contributed by atoms with Crippen molar-refractivity contribution in [1.82, 2.24) is 15.1 Å². The van der Waals surface area contributed by atoms with E-state index in [2.05, 4.69) is 53.5 Å². The van der Waals surface area contributed by atoms with E-state index < -0.39 is 0 Å². The molecule has 0 bridgehead atoms. The zero-order valence-electron chi connectivity index (χ0n) is 23.1. The Bertz CT molecular complexity index is 1340. The second-order valence-electron chi connectivity index (χ2n) is 9.19. The van der Waals surface area contributed by atoms with Crippen LogP contribution in [0, 0.1) is 18.3 Å². The number of nitrogens with two attached hydrogens (primary N) is 1. The minimum Gasteiger partial charge on any atom is -0.491 e. The maximum Gasteiger partial charge on any atom is 0.246 e. The molecule has 1 unspecified atom stereocenters. The molecule has 203 valence electrons. The van der Waals surface area contributed by atoms with Crippen LogP contribution >= 0.6 is 11.6 Å². The summed E-state index contributed by atoms with van der Waals surface area (Å²) in [6.07, 6.45) is 6.77. The van der Waals surface area contributed by atoms with Crippen molar-refractivity contribution in [2.24, 2.45) is 10.6 Å². The van der Waals surface area contributed by atoms with Gasteiger partial charge in [-0.3, -0.25) is 0 Å². The first kappa shape index (κ1) is 29.8. The molecule has 8 nitrogen and oxygen atoms in total. The summed E-state index contributed by atoms with van der Waals surface area (Å²) < 4.78 is 13.4. The highest BCUT2D eigenvalue weighted by Crippen LogP contribution is 2.36. The van der Waals surface area contributed by atoms with Crippen LogP contribution in [0.2, 0.25) is 0 Å². The van der Waals surface area contributed by atoms with Gasteiger partial charge in [0.25, 0.3) is 0 Å². The summed E-state index contributed by atoms with van der Waals surface area (Å²) in [7, 11) is 1.50. The number of nitriles is 1. The van der Waals surface area contributed by atoms with Gasteiger partial charge >= 0.3 is 0 Å². The molecule has 3 N–H and O–H groups in total. The number of aliphatic imine (C=N–C) groups is 1. The third-order valence-electron chi connectivity index (χ3n) is 6.29. The first-order chi connectivity index (χ1) is 18.8. The summed E-state index contributed by atoms with van der Waals surface area (Å²) in [5, 5.41) is 17.3. The van der Waals surface area contributed by atoms with Crippen LogP contribution in [-0.2, 0) is 5.41 Å². The highest BCUT2D eigenvalue weighted by atomic mass is 35.5. The normalized spacial score (nSPS) is 14.3. The number of aryl methyl sites for hydroxylation is 1. The largest absolute Gasteiger partial charge is 0.491 e. The number of ether oxygens (including phenoxy) is 2. The van der Waals surface area contributed by atoms with Gasteiger partial charge in [0, 0.05) is 24.0 Å². The minimum atomic E-state index is -0.353. The van der Waals surface area contributed by atoms with E-state index in [0.29, 0.717) is 30.4 Å². The summed E-state index contributed by atoms with van der Waals surface area (Å²) in [4.78, 5) is 4.40. The van der Waals surface area contributed by atoms with Crippen molar-refractivity contribution < 1.29 is 9.47 Å². The van der Waals surface area contributed by atoms with Crippen molar-refractivity contribution in [3.63, 3.8) is 0 Å². The lowest BCUT2D eigenvalue weighted by molar-refractivity contribution is 0.319. The van der Waals surface area contributed by atoms with Crippen molar-refractivity contribution in [2.45, 2.75) is 46.3 Å². The van der Waals surface area contributed by atoms with E-state index in [-0.39, 0.29) is 11.7 Å². The molecule has 1 radical (unpaired) electrons. The molecule has 0 spiro atoms. The monoisotopic (exact) mass is 545 g/mol. The van der Waals surface area contributed by atoms with Crippen molar-refractivity contribution in [1.29, 1.82) is 5.26 Å². The number of alkyl halides is 1. The van der Waals surface area contributed by atoms with Gasteiger partial charge in [-0.25, -0.2) is 9.67 Å². The lowest BCUT2D eigenvalue weighted by Crippen LogP contribution is -2.30. The molecule has 1 atom stereocenters. The Morgan fingerprint density at radius 3 is 2.56 bits per heavy atom. The number of halogens is 1. The molecule has 0 amide bonds. The summed E-state index contributed by atoms with van der Waals surface area (Å²) in [5.41, 5.74) is 10.5. The second-order valence-corrected chi connectivity index (χ2v) is 9.56. The molecule has 3 aromatic rings. The molecule has 10 heteroatoms. The zero-order valence-corrected chi connectivity index (χ0v) is 23.9. The van der Waals surface area contributed by atoms with Gasteiger partial charge in [-0.1, -0.05) is 45.9 Å². The number of nitrogens with zero attached hydrogens (tertiary/aromatic N) is 4. The van der Waals surface area contributed by atoms with E-state index in [9.17, 15) is 5.26 Å². The molecule has 0 saturated heterocycles. The summed E-state index contributed by atoms with van der Waals surface area (Å²) >= 11 is 5.76. The predicted octanol–water partition coefficient (Wildman–Crippen LogP) is 4.33. The number of rotatable bonds is 10. The van der Waals surface area contributed by atoms with E-state index in [1.54, 1.807) is 17.1 Å². The maximum atomic E-state index is 9.69. The van der Waals surface area contributed by atoms with Crippen LogP contribution in [0.15, 0.2) is 65.6 Å². The van der Waals surface area contributed by atoms with Crippen LogP contribution in [0.4, 0.5) is 0 Å². The SMILES string of the molecule is CC.Cc1cc(C(C)(C)c2ccc(OCC3=CC=NC(n4cc([B]N)cn4)N3)cc2)cc(C#N)c1OCCCl. The van der Waals surface area contributed by atoms with Gasteiger partial charge in [-0.05, 0) is 53.4 Å². The Morgan fingerprint density at radius 2 is 1.92 bits per heavy atom. The van der Waals surface area contributed by atoms with Gasteiger partial charge in [0.05, 0.1) is 17.1 Å². The van der Waals surface area contributed by atoms with E-state index >= 15 is 0 Å². The molecule has 1 aliphatic heterocycles. The van der Waals surface area contributed by atoms with Gasteiger partial charge in [0.15, 0.2) is 0 Å². The van der Waals surface area contributed by atoms with Crippen LogP contribution in [-0.4, -0.2) is 42.5 Å². The van der Waals surface area contributed by atoms with Crippen molar-refractivity contribution >= 4 is 30.7 Å². The van der Waals surface area contributed by atoms with Crippen LogP contribution < -0.4 is 25.9 Å². The Morgan fingerprint density at radius 1 is 1.18 bits per heavy atom. The Hall–Kier alpha value is -3.74. The molecule has 1 aromatic heterocycles. The number of aromatic nitrogens is 2. The lowest BCUT2D eigenvalue weighted by Gasteiger charge is -2.28. The molecule has 39 heavy (non-hydrogen) atoms. The minimum absolute atomic E-state index is 0.333. The van der Waals surface area contributed by atoms with Gasteiger partial charge in [-0.15, -0.1) is 11.6 Å². The molecule has 0 aliphatic carbocycles. The average Bonchev–Trinajstić information content (AvgIpc) is 3.46. The number of hydrogen-bond acceptors (Lipinski definition) is 7. The Balaban J connectivity index is 0.00000205. The van der Waals surface area contributed by atoms with E-state index in [4.69, 9.17) is 26.7 Å². The summed E-state index contributed by atoms with van der Waals surface area (Å²) in [5.74, 6) is 1.71. The third kappa shape index (κ3) is 7.22. The summed E-state index contributed by atoms with van der Waals surface area (Å²) in [6, 6.07) is 14.2. The number of nitrogens with one attached hydrogen (secondary N) is 1. The van der Waals surface area contributed by atoms with E-state index in [0.717, 1.165) is 33.6 Å². The average molecular weight is 546 g/mol. The predicted molar refractivity (Wildman–Crippen MR) is 158 cm³/mol. The lowest BCUT2D eigenvalue weighted by atomic mass is 9.77. The van der Waals surface area contributed by atoms with Crippen LogP contribution in [0.5, 0.6) is 11.5 Å². The molecule has 1 aliphatic rings. The van der Waals surface area contributed by atoms with Crippen LogP contribution in [0.1, 0.15) is 56.2 Å². The number of hydrogen-bond donors (Lipinski definition) is 2. The number of allylic oxidation sites excluding steroid dienone is 1. The fourth-order valence-electron chi connectivity index (χ4n) is 4.11. The fourth-order valence-corrected chi connectivity index (χ4v) is 4.19. The summed E-state index contributed by atoms with van der Waals surface area (Å²) in [6.45, 7) is 10.9. The van der Waals surface area contributed by atoms with E-state index in [1.165, 1.54) is 7.41 Å². The van der Waals surface area contributed by atoms with Gasteiger partial charge < -0.3 is 20.4 Å². The van der Waals surface area contributed by atoms with Gasteiger partial charge in [0.2, 0.25) is 13.7 Å². The molecule has 4 rings (SSSR count). The first-order valence-electron chi connectivity index (χ1n) is 12.9. The third-order valence-corrected chi connectivity index (χ3v) is 6.45. The highest BCUT2D eigenvalue weighted by molar-refractivity contribution is 6.49.